The van der Waals surface area contributed by atoms with Gasteiger partial charge in [0, 0.05) is 10.9 Å². The molecule has 0 amide bonds. The first-order chi connectivity index (χ1) is 13.7. The van der Waals surface area contributed by atoms with E-state index in [-0.39, 0.29) is 0 Å². The summed E-state index contributed by atoms with van der Waals surface area (Å²) in [5.41, 5.74) is 3.21. The standard InChI is InChI=1S/C21H21N3O2S2/c1-24(12-20-23-16-6-4-5-7-19(16)28-20)11-15-13-27-21(22-15)14-8-9-17(25-2)18(10-14)26-3/h4-10,13H,11-12H2,1-3H3/p+1. The third-order valence-electron chi connectivity index (χ3n) is 4.46. The maximum atomic E-state index is 5.40. The number of methoxy groups -OCH3 is 2. The predicted octanol–water partition coefficient (Wildman–Crippen LogP) is 3.65. The van der Waals surface area contributed by atoms with Crippen LogP contribution in [0.2, 0.25) is 0 Å². The molecule has 0 radical (unpaired) electrons. The number of nitrogens with one attached hydrogen (secondary N) is 1. The molecule has 144 valence electrons. The Morgan fingerprint density at radius 1 is 0.964 bits per heavy atom. The average molecular weight is 413 g/mol. The second kappa shape index (κ2) is 8.26. The molecule has 1 unspecified atom stereocenters. The van der Waals surface area contributed by atoms with Crippen LogP contribution < -0.4 is 14.4 Å². The second-order valence-corrected chi connectivity index (χ2v) is 8.57. The van der Waals surface area contributed by atoms with Gasteiger partial charge in [0.25, 0.3) is 0 Å². The van der Waals surface area contributed by atoms with Crippen LogP contribution in [-0.4, -0.2) is 31.2 Å². The highest BCUT2D eigenvalue weighted by atomic mass is 32.1. The number of quaternary nitrogens is 1. The molecule has 0 aliphatic heterocycles. The lowest BCUT2D eigenvalue weighted by Crippen LogP contribution is -3.06. The number of benzene rings is 2. The van der Waals surface area contributed by atoms with Crippen molar-refractivity contribution in [1.82, 2.24) is 9.97 Å². The van der Waals surface area contributed by atoms with Crippen LogP contribution in [0.3, 0.4) is 0 Å². The van der Waals surface area contributed by atoms with Crippen LogP contribution in [0.15, 0.2) is 47.8 Å². The highest BCUT2D eigenvalue weighted by molar-refractivity contribution is 7.18. The van der Waals surface area contributed by atoms with Gasteiger partial charge in [0.15, 0.2) is 11.5 Å². The van der Waals surface area contributed by atoms with Gasteiger partial charge in [-0.3, -0.25) is 0 Å². The van der Waals surface area contributed by atoms with Crippen LogP contribution in [-0.2, 0) is 13.1 Å². The van der Waals surface area contributed by atoms with E-state index in [0.717, 1.165) is 51.4 Å². The molecule has 0 fully saturated rings. The van der Waals surface area contributed by atoms with Gasteiger partial charge in [0.05, 0.1) is 31.5 Å². The first-order valence-electron chi connectivity index (χ1n) is 8.99. The molecular formula is C21H22N3O2S2+. The van der Waals surface area contributed by atoms with Crippen LogP contribution in [0.25, 0.3) is 20.8 Å². The molecule has 4 aromatic rings. The molecule has 28 heavy (non-hydrogen) atoms. The molecule has 4 rings (SSSR count). The molecule has 2 aromatic heterocycles. The van der Waals surface area contributed by atoms with Crippen molar-refractivity contribution in [2.45, 2.75) is 13.1 Å². The molecule has 7 heteroatoms. The van der Waals surface area contributed by atoms with Gasteiger partial charge in [-0.2, -0.15) is 0 Å². The monoisotopic (exact) mass is 412 g/mol. The Hall–Kier alpha value is -2.48. The van der Waals surface area contributed by atoms with E-state index in [1.807, 2.05) is 24.3 Å². The number of para-hydroxylation sites is 1. The molecular weight excluding hydrogens is 390 g/mol. The van der Waals surface area contributed by atoms with Crippen molar-refractivity contribution in [2.75, 3.05) is 21.3 Å². The lowest BCUT2D eigenvalue weighted by atomic mass is 10.2. The largest absolute Gasteiger partial charge is 0.493 e. The highest BCUT2D eigenvalue weighted by Crippen LogP contribution is 2.33. The van der Waals surface area contributed by atoms with E-state index in [0.29, 0.717) is 0 Å². The van der Waals surface area contributed by atoms with E-state index in [2.05, 4.69) is 30.6 Å². The molecule has 0 aliphatic rings. The van der Waals surface area contributed by atoms with Crippen LogP contribution >= 0.6 is 22.7 Å². The molecule has 2 heterocycles. The summed E-state index contributed by atoms with van der Waals surface area (Å²) in [6.45, 7) is 1.75. The minimum absolute atomic E-state index is 0.718. The molecule has 1 N–H and O–H groups in total. The zero-order valence-electron chi connectivity index (χ0n) is 16.1. The Morgan fingerprint density at radius 3 is 2.57 bits per heavy atom. The molecule has 0 saturated carbocycles. The van der Waals surface area contributed by atoms with Crippen molar-refractivity contribution < 1.29 is 14.4 Å². The van der Waals surface area contributed by atoms with Gasteiger partial charge in [-0.1, -0.05) is 12.1 Å². The first kappa shape index (κ1) is 18.9. The number of hydrogen-bond acceptors (Lipinski definition) is 6. The Balaban J connectivity index is 1.45. The fourth-order valence-electron chi connectivity index (χ4n) is 3.12. The lowest BCUT2D eigenvalue weighted by molar-refractivity contribution is -0.907. The topological polar surface area (TPSA) is 48.7 Å². The van der Waals surface area contributed by atoms with Gasteiger partial charge < -0.3 is 14.4 Å². The normalized spacial score (nSPS) is 12.2. The minimum atomic E-state index is 0.718. The smallest absolute Gasteiger partial charge is 0.161 e. The molecule has 0 saturated heterocycles. The summed E-state index contributed by atoms with van der Waals surface area (Å²) >= 11 is 3.42. The van der Waals surface area contributed by atoms with Gasteiger partial charge in [0.2, 0.25) is 0 Å². The van der Waals surface area contributed by atoms with Gasteiger partial charge in [0.1, 0.15) is 28.8 Å². The second-order valence-electron chi connectivity index (χ2n) is 6.60. The molecule has 2 aromatic carbocycles. The van der Waals surface area contributed by atoms with E-state index in [9.17, 15) is 0 Å². The molecule has 1 atom stereocenters. The summed E-state index contributed by atoms with van der Waals surface area (Å²) in [6, 6.07) is 14.2. The van der Waals surface area contributed by atoms with E-state index >= 15 is 0 Å². The quantitative estimate of drug-likeness (QED) is 0.503. The Morgan fingerprint density at radius 2 is 1.79 bits per heavy atom. The fourth-order valence-corrected chi connectivity index (χ4v) is 5.01. The fraction of sp³-hybridized carbons (Fsp3) is 0.238. The van der Waals surface area contributed by atoms with Gasteiger partial charge >= 0.3 is 0 Å². The van der Waals surface area contributed by atoms with Crippen LogP contribution in [0.4, 0.5) is 0 Å². The van der Waals surface area contributed by atoms with E-state index in [1.165, 1.54) is 9.60 Å². The third-order valence-corrected chi connectivity index (χ3v) is 6.43. The highest BCUT2D eigenvalue weighted by Gasteiger charge is 2.14. The zero-order valence-corrected chi connectivity index (χ0v) is 17.7. The van der Waals surface area contributed by atoms with Gasteiger partial charge in [-0.25, -0.2) is 9.97 Å². The zero-order chi connectivity index (χ0) is 19.5. The summed E-state index contributed by atoms with van der Waals surface area (Å²) in [6.07, 6.45) is 0. The number of aromatic nitrogens is 2. The molecule has 0 aliphatic carbocycles. The molecule has 0 spiro atoms. The van der Waals surface area contributed by atoms with Crippen molar-refractivity contribution in [3.05, 3.63) is 58.5 Å². The number of thiazole rings is 2. The minimum Gasteiger partial charge on any atom is -0.493 e. The molecule has 5 nitrogen and oxygen atoms in total. The first-order valence-corrected chi connectivity index (χ1v) is 10.7. The van der Waals surface area contributed by atoms with Crippen molar-refractivity contribution >= 4 is 32.9 Å². The summed E-state index contributed by atoms with van der Waals surface area (Å²) in [4.78, 5) is 10.9. The summed E-state index contributed by atoms with van der Waals surface area (Å²) < 4.78 is 12.0. The van der Waals surface area contributed by atoms with Crippen LogP contribution in [0.5, 0.6) is 11.5 Å². The molecule has 0 bridgehead atoms. The van der Waals surface area contributed by atoms with Crippen molar-refractivity contribution in [1.29, 1.82) is 0 Å². The Bertz CT molecular complexity index is 1060. The average Bonchev–Trinajstić information content (AvgIpc) is 3.33. The summed E-state index contributed by atoms with van der Waals surface area (Å²) in [5, 5.41) is 4.28. The number of rotatable bonds is 7. The van der Waals surface area contributed by atoms with Crippen molar-refractivity contribution in [2.24, 2.45) is 0 Å². The maximum absolute atomic E-state index is 5.40. The number of hydrogen-bond donors (Lipinski definition) is 1. The van der Waals surface area contributed by atoms with Crippen LogP contribution in [0, 0.1) is 0 Å². The van der Waals surface area contributed by atoms with E-state index in [1.54, 1.807) is 36.9 Å². The van der Waals surface area contributed by atoms with E-state index < -0.39 is 0 Å². The Kier molecular flexibility index (Phi) is 5.57. The number of ether oxygens (including phenoxy) is 2. The maximum Gasteiger partial charge on any atom is 0.161 e. The lowest BCUT2D eigenvalue weighted by Gasteiger charge is -2.10. The van der Waals surface area contributed by atoms with Crippen molar-refractivity contribution in [3.63, 3.8) is 0 Å². The SMILES string of the molecule is COc1ccc(-c2nc(C[NH+](C)Cc3nc4ccccc4s3)cs2)cc1OC. The van der Waals surface area contributed by atoms with Crippen LogP contribution in [0.1, 0.15) is 10.7 Å². The Labute approximate surface area is 172 Å². The van der Waals surface area contributed by atoms with Gasteiger partial charge in [-0.05, 0) is 30.3 Å². The third kappa shape index (κ3) is 4.01. The van der Waals surface area contributed by atoms with E-state index in [4.69, 9.17) is 19.4 Å². The summed E-state index contributed by atoms with van der Waals surface area (Å²) in [5.74, 6) is 1.44. The number of fused-ring (bicyclic) bond motifs is 1. The van der Waals surface area contributed by atoms with Gasteiger partial charge in [-0.15, -0.1) is 22.7 Å². The predicted molar refractivity (Wildman–Crippen MR) is 115 cm³/mol. The number of nitrogens with zero attached hydrogens (tertiary/aromatic N) is 2. The van der Waals surface area contributed by atoms with Crippen molar-refractivity contribution in [3.8, 4) is 22.1 Å². The summed E-state index contributed by atoms with van der Waals surface area (Å²) in [7, 11) is 5.47.